The van der Waals surface area contributed by atoms with Gasteiger partial charge in [0.05, 0.1) is 0 Å². The molecule has 102 valence electrons. The minimum Gasteiger partial charge on any atom is -0.262 e. The summed E-state index contributed by atoms with van der Waals surface area (Å²) in [5.74, 6) is 0. The zero-order valence-corrected chi connectivity index (χ0v) is 14.1. The highest BCUT2D eigenvalue weighted by atomic mass is 79.9. The Morgan fingerprint density at radius 1 is 1.28 bits per heavy atom. The van der Waals surface area contributed by atoms with Crippen LogP contribution in [0.3, 0.4) is 0 Å². The maximum Gasteiger partial charge on any atom is 0.244 e. The molecule has 7 heteroatoms. The van der Waals surface area contributed by atoms with E-state index >= 15 is 0 Å². The van der Waals surface area contributed by atoms with Crippen LogP contribution in [0.15, 0.2) is 27.8 Å². The predicted octanol–water partition coefficient (Wildman–Crippen LogP) is 3.03. The third-order valence-electron chi connectivity index (χ3n) is 2.49. The van der Waals surface area contributed by atoms with Crippen LogP contribution in [0.5, 0.6) is 0 Å². The molecule has 0 atom stereocenters. The zero-order chi connectivity index (χ0) is 13.6. The van der Waals surface area contributed by atoms with Crippen molar-refractivity contribution in [1.82, 2.24) is 9.29 Å². The molecule has 1 rings (SSSR count). The summed E-state index contributed by atoms with van der Waals surface area (Å²) < 4.78 is 26.5. The van der Waals surface area contributed by atoms with Crippen LogP contribution in [0.2, 0.25) is 0 Å². The molecule has 4 nitrogen and oxygen atoms in total. The molecular formula is C11H16Br2N2O2S. The SMILES string of the molecule is CN(CCCCCBr)S(=O)(=O)c1cncc(Br)c1. The van der Waals surface area contributed by atoms with Crippen molar-refractivity contribution in [3.05, 3.63) is 22.9 Å². The molecule has 1 aromatic rings. The Morgan fingerprint density at radius 3 is 2.61 bits per heavy atom. The Hall–Kier alpha value is 0.0200. The standard InChI is InChI=1S/C11H16Br2N2O2S/c1-15(6-4-2-3-5-12)18(16,17)11-7-10(13)8-14-9-11/h7-9H,2-6H2,1H3. The lowest BCUT2D eigenvalue weighted by molar-refractivity contribution is 0.454. The van der Waals surface area contributed by atoms with Crippen molar-refractivity contribution in [3.8, 4) is 0 Å². The second-order valence-electron chi connectivity index (χ2n) is 3.92. The molecule has 18 heavy (non-hydrogen) atoms. The summed E-state index contributed by atoms with van der Waals surface area (Å²) in [6.07, 6.45) is 5.88. The minimum atomic E-state index is -3.42. The molecule has 0 saturated heterocycles. The molecule has 1 heterocycles. The molecule has 0 aliphatic rings. The molecule has 0 bridgehead atoms. The van der Waals surface area contributed by atoms with Crippen LogP contribution < -0.4 is 0 Å². The molecule has 0 aliphatic carbocycles. The van der Waals surface area contributed by atoms with Crippen LogP contribution in [-0.4, -0.2) is 36.6 Å². The monoisotopic (exact) mass is 398 g/mol. The predicted molar refractivity (Wildman–Crippen MR) is 79.4 cm³/mol. The van der Waals surface area contributed by atoms with Gasteiger partial charge in [-0.05, 0) is 34.8 Å². The number of rotatable bonds is 7. The van der Waals surface area contributed by atoms with E-state index in [2.05, 4.69) is 36.8 Å². The van der Waals surface area contributed by atoms with E-state index in [4.69, 9.17) is 0 Å². The molecule has 0 amide bonds. The van der Waals surface area contributed by atoms with Crippen LogP contribution >= 0.6 is 31.9 Å². The smallest absolute Gasteiger partial charge is 0.244 e. The molecule has 0 radical (unpaired) electrons. The maximum absolute atomic E-state index is 12.2. The number of hydrogen-bond donors (Lipinski definition) is 0. The van der Waals surface area contributed by atoms with Crippen molar-refractivity contribution >= 4 is 41.9 Å². The van der Waals surface area contributed by atoms with Gasteiger partial charge in [0.2, 0.25) is 10.0 Å². The third kappa shape index (κ3) is 4.60. The first kappa shape index (κ1) is 16.1. The number of alkyl halides is 1. The number of unbranched alkanes of at least 4 members (excludes halogenated alkanes) is 2. The molecule has 0 N–H and O–H groups in total. The quantitative estimate of drug-likeness (QED) is 0.523. The number of sulfonamides is 1. The van der Waals surface area contributed by atoms with Crippen LogP contribution in [0, 0.1) is 0 Å². The lowest BCUT2D eigenvalue weighted by atomic mass is 10.2. The van der Waals surface area contributed by atoms with Gasteiger partial charge in [-0.1, -0.05) is 22.4 Å². The lowest BCUT2D eigenvalue weighted by Gasteiger charge is -2.16. The zero-order valence-electron chi connectivity index (χ0n) is 10.1. The Kier molecular flexibility index (Phi) is 6.76. The number of pyridine rings is 1. The lowest BCUT2D eigenvalue weighted by Crippen LogP contribution is -2.28. The summed E-state index contributed by atoms with van der Waals surface area (Å²) in [7, 11) is -1.82. The number of hydrogen-bond acceptors (Lipinski definition) is 3. The number of nitrogens with zero attached hydrogens (tertiary/aromatic N) is 2. The van der Waals surface area contributed by atoms with Crippen LogP contribution in [0.4, 0.5) is 0 Å². The Bertz CT molecular complexity index is 480. The van der Waals surface area contributed by atoms with E-state index in [1.165, 1.54) is 10.5 Å². The Balaban J connectivity index is 2.68. The van der Waals surface area contributed by atoms with Gasteiger partial charge in [0, 0.05) is 35.8 Å². The molecule has 1 aromatic heterocycles. The summed E-state index contributed by atoms with van der Waals surface area (Å²) in [5, 5.41) is 0.957. The van der Waals surface area contributed by atoms with Crippen molar-refractivity contribution in [1.29, 1.82) is 0 Å². The fourth-order valence-electron chi connectivity index (χ4n) is 1.44. The third-order valence-corrected chi connectivity index (χ3v) is 5.31. The second-order valence-corrected chi connectivity index (χ2v) is 7.67. The first-order chi connectivity index (χ1) is 8.48. The molecule has 0 aromatic carbocycles. The molecule has 0 spiro atoms. The fraction of sp³-hybridized carbons (Fsp3) is 0.545. The summed E-state index contributed by atoms with van der Waals surface area (Å²) in [6.45, 7) is 0.530. The largest absolute Gasteiger partial charge is 0.262 e. The average molecular weight is 400 g/mol. The fourth-order valence-corrected chi connectivity index (χ4v) is 3.55. The van der Waals surface area contributed by atoms with Crippen molar-refractivity contribution < 1.29 is 8.42 Å². The first-order valence-electron chi connectivity index (χ1n) is 5.61. The van der Waals surface area contributed by atoms with Crippen molar-refractivity contribution in [2.45, 2.75) is 24.2 Å². The van der Waals surface area contributed by atoms with E-state index in [1.54, 1.807) is 19.3 Å². The van der Waals surface area contributed by atoms with Gasteiger partial charge < -0.3 is 0 Å². The maximum atomic E-state index is 12.2. The molecule has 0 saturated carbocycles. The van der Waals surface area contributed by atoms with Crippen molar-refractivity contribution in [2.75, 3.05) is 18.9 Å². The van der Waals surface area contributed by atoms with Gasteiger partial charge in [0.15, 0.2) is 0 Å². The molecule has 0 fully saturated rings. The van der Waals surface area contributed by atoms with E-state index in [9.17, 15) is 8.42 Å². The van der Waals surface area contributed by atoms with E-state index in [0.717, 1.165) is 24.6 Å². The summed E-state index contributed by atoms with van der Waals surface area (Å²) in [6, 6.07) is 1.57. The number of aromatic nitrogens is 1. The van der Waals surface area contributed by atoms with Crippen LogP contribution in [-0.2, 0) is 10.0 Å². The Labute approximate surface area is 125 Å². The minimum absolute atomic E-state index is 0.222. The van der Waals surface area contributed by atoms with E-state index in [1.807, 2.05) is 0 Å². The number of halogens is 2. The van der Waals surface area contributed by atoms with Gasteiger partial charge in [-0.2, -0.15) is 0 Å². The molecule has 0 unspecified atom stereocenters. The highest BCUT2D eigenvalue weighted by molar-refractivity contribution is 9.10. The summed E-state index contributed by atoms with van der Waals surface area (Å²) in [5.41, 5.74) is 0. The van der Waals surface area contributed by atoms with E-state index < -0.39 is 10.0 Å². The van der Waals surface area contributed by atoms with Crippen molar-refractivity contribution in [3.63, 3.8) is 0 Å². The van der Waals surface area contributed by atoms with Gasteiger partial charge in [0.25, 0.3) is 0 Å². The molecule has 0 aliphatic heterocycles. The van der Waals surface area contributed by atoms with Gasteiger partial charge in [-0.25, -0.2) is 12.7 Å². The van der Waals surface area contributed by atoms with Gasteiger partial charge in [-0.3, -0.25) is 4.98 Å². The van der Waals surface area contributed by atoms with E-state index in [0.29, 0.717) is 11.0 Å². The highest BCUT2D eigenvalue weighted by Gasteiger charge is 2.20. The Morgan fingerprint density at radius 2 is 2.00 bits per heavy atom. The average Bonchev–Trinajstić information content (AvgIpc) is 2.34. The van der Waals surface area contributed by atoms with Crippen LogP contribution in [0.1, 0.15) is 19.3 Å². The van der Waals surface area contributed by atoms with Gasteiger partial charge in [0.1, 0.15) is 4.90 Å². The highest BCUT2D eigenvalue weighted by Crippen LogP contribution is 2.18. The van der Waals surface area contributed by atoms with Crippen LogP contribution in [0.25, 0.3) is 0 Å². The van der Waals surface area contributed by atoms with Gasteiger partial charge in [-0.15, -0.1) is 0 Å². The summed E-state index contributed by atoms with van der Waals surface area (Å²) >= 11 is 6.58. The van der Waals surface area contributed by atoms with Gasteiger partial charge >= 0.3 is 0 Å². The first-order valence-corrected chi connectivity index (χ1v) is 8.97. The normalized spacial score (nSPS) is 12.0. The van der Waals surface area contributed by atoms with Crippen molar-refractivity contribution in [2.24, 2.45) is 0 Å². The second kappa shape index (κ2) is 7.57. The van der Waals surface area contributed by atoms with E-state index in [-0.39, 0.29) is 4.90 Å². The molecular weight excluding hydrogens is 384 g/mol. The summed E-state index contributed by atoms with van der Waals surface area (Å²) in [4.78, 5) is 4.11. The topological polar surface area (TPSA) is 50.3 Å².